The summed E-state index contributed by atoms with van der Waals surface area (Å²) in [4.78, 5) is 11.9. The third-order valence-electron chi connectivity index (χ3n) is 2.64. The SMILES string of the molecule is CCOc1ccc(C(=O)NCC(Cl)CC(C)C)cc1. The Morgan fingerprint density at radius 1 is 1.32 bits per heavy atom. The Balaban J connectivity index is 2.44. The van der Waals surface area contributed by atoms with Crippen molar-refractivity contribution in [3.63, 3.8) is 0 Å². The number of ether oxygens (including phenoxy) is 1. The van der Waals surface area contributed by atoms with Crippen LogP contribution in [0, 0.1) is 5.92 Å². The Morgan fingerprint density at radius 2 is 1.95 bits per heavy atom. The molecule has 0 fully saturated rings. The van der Waals surface area contributed by atoms with Crippen molar-refractivity contribution in [2.45, 2.75) is 32.6 Å². The molecule has 0 radical (unpaired) electrons. The lowest BCUT2D eigenvalue weighted by molar-refractivity contribution is 0.0953. The highest BCUT2D eigenvalue weighted by Gasteiger charge is 2.10. The number of alkyl halides is 1. The maximum atomic E-state index is 11.9. The number of carbonyl (C=O) groups excluding carboxylic acids is 1. The minimum atomic E-state index is -0.0996. The number of rotatable bonds is 7. The molecule has 0 aromatic heterocycles. The van der Waals surface area contributed by atoms with Gasteiger partial charge in [0, 0.05) is 12.1 Å². The van der Waals surface area contributed by atoms with Gasteiger partial charge in [-0.2, -0.15) is 0 Å². The fourth-order valence-electron chi connectivity index (χ4n) is 1.77. The first-order valence-electron chi connectivity index (χ1n) is 6.68. The lowest BCUT2D eigenvalue weighted by Gasteiger charge is -2.13. The number of hydrogen-bond acceptors (Lipinski definition) is 2. The van der Waals surface area contributed by atoms with Crippen LogP contribution in [-0.2, 0) is 0 Å². The van der Waals surface area contributed by atoms with Gasteiger partial charge in [-0.1, -0.05) is 13.8 Å². The fraction of sp³-hybridized carbons (Fsp3) is 0.533. The van der Waals surface area contributed by atoms with E-state index >= 15 is 0 Å². The maximum absolute atomic E-state index is 11.9. The van der Waals surface area contributed by atoms with Crippen LogP contribution in [0.5, 0.6) is 5.75 Å². The third-order valence-corrected chi connectivity index (χ3v) is 2.97. The summed E-state index contributed by atoms with van der Waals surface area (Å²) in [5, 5.41) is 2.82. The molecular formula is C15H22ClNO2. The van der Waals surface area contributed by atoms with Crippen LogP contribution in [0.2, 0.25) is 0 Å². The van der Waals surface area contributed by atoms with Crippen LogP contribution in [0.15, 0.2) is 24.3 Å². The largest absolute Gasteiger partial charge is 0.494 e. The second-order valence-electron chi connectivity index (χ2n) is 4.89. The third kappa shape index (κ3) is 5.97. The summed E-state index contributed by atoms with van der Waals surface area (Å²) in [5.41, 5.74) is 0.622. The normalized spacial score (nSPS) is 12.3. The first kappa shape index (κ1) is 15.8. The standard InChI is InChI=1S/C15H22ClNO2/c1-4-19-14-7-5-12(6-8-14)15(18)17-10-13(16)9-11(2)3/h5-8,11,13H,4,9-10H2,1-3H3,(H,17,18). The van der Waals surface area contributed by atoms with Crippen molar-refractivity contribution in [1.82, 2.24) is 5.32 Å². The number of benzene rings is 1. The molecule has 0 saturated heterocycles. The van der Waals surface area contributed by atoms with Crippen LogP contribution < -0.4 is 10.1 Å². The van der Waals surface area contributed by atoms with Crippen molar-refractivity contribution in [3.8, 4) is 5.75 Å². The Hall–Kier alpha value is -1.22. The highest BCUT2D eigenvalue weighted by atomic mass is 35.5. The van der Waals surface area contributed by atoms with Crippen molar-refractivity contribution in [2.75, 3.05) is 13.2 Å². The van der Waals surface area contributed by atoms with Gasteiger partial charge >= 0.3 is 0 Å². The van der Waals surface area contributed by atoms with E-state index in [1.165, 1.54) is 0 Å². The van der Waals surface area contributed by atoms with E-state index in [9.17, 15) is 4.79 Å². The molecule has 1 N–H and O–H groups in total. The van der Waals surface area contributed by atoms with Crippen molar-refractivity contribution in [2.24, 2.45) is 5.92 Å². The quantitative estimate of drug-likeness (QED) is 0.778. The van der Waals surface area contributed by atoms with E-state index in [1.807, 2.05) is 6.92 Å². The van der Waals surface area contributed by atoms with Crippen LogP contribution in [0.25, 0.3) is 0 Å². The van der Waals surface area contributed by atoms with Crippen molar-refractivity contribution < 1.29 is 9.53 Å². The summed E-state index contributed by atoms with van der Waals surface area (Å²) in [5.74, 6) is 1.21. The molecule has 1 aromatic rings. The minimum Gasteiger partial charge on any atom is -0.494 e. The summed E-state index contributed by atoms with van der Waals surface area (Å²) in [6.07, 6.45) is 0.894. The molecule has 0 spiro atoms. The molecule has 4 heteroatoms. The zero-order valence-electron chi connectivity index (χ0n) is 11.8. The van der Waals surface area contributed by atoms with Crippen molar-refractivity contribution in [1.29, 1.82) is 0 Å². The molecular weight excluding hydrogens is 262 g/mol. The average Bonchev–Trinajstić information content (AvgIpc) is 2.36. The molecule has 0 heterocycles. The van der Waals surface area contributed by atoms with E-state index in [-0.39, 0.29) is 11.3 Å². The molecule has 1 rings (SSSR count). The highest BCUT2D eigenvalue weighted by molar-refractivity contribution is 6.20. The molecule has 0 aliphatic carbocycles. The first-order valence-corrected chi connectivity index (χ1v) is 7.11. The lowest BCUT2D eigenvalue weighted by atomic mass is 10.1. The van der Waals surface area contributed by atoms with Crippen LogP contribution in [0.1, 0.15) is 37.6 Å². The summed E-state index contributed by atoms with van der Waals surface area (Å²) in [7, 11) is 0. The summed E-state index contributed by atoms with van der Waals surface area (Å²) in [6, 6.07) is 7.10. The molecule has 1 atom stereocenters. The minimum absolute atomic E-state index is 0.0216. The van der Waals surface area contributed by atoms with Gasteiger partial charge in [-0.3, -0.25) is 4.79 Å². The molecule has 1 unspecified atom stereocenters. The lowest BCUT2D eigenvalue weighted by Crippen LogP contribution is -2.30. The molecule has 106 valence electrons. The molecule has 19 heavy (non-hydrogen) atoms. The Bertz CT molecular complexity index is 390. The van der Waals surface area contributed by atoms with Gasteiger partial charge in [0.1, 0.15) is 5.75 Å². The number of carbonyl (C=O) groups is 1. The topological polar surface area (TPSA) is 38.3 Å². The summed E-state index contributed by atoms with van der Waals surface area (Å²) < 4.78 is 5.33. The molecule has 0 saturated carbocycles. The van der Waals surface area contributed by atoms with E-state index in [4.69, 9.17) is 16.3 Å². The molecule has 0 aliphatic heterocycles. The number of amides is 1. The van der Waals surface area contributed by atoms with Gasteiger partial charge in [0.15, 0.2) is 0 Å². The van der Waals surface area contributed by atoms with E-state index in [0.29, 0.717) is 24.6 Å². The van der Waals surface area contributed by atoms with Gasteiger partial charge in [0.2, 0.25) is 0 Å². The van der Waals surface area contributed by atoms with Gasteiger partial charge in [0.05, 0.1) is 12.0 Å². The second-order valence-corrected chi connectivity index (χ2v) is 5.51. The molecule has 3 nitrogen and oxygen atoms in total. The molecule has 0 bridgehead atoms. The van der Waals surface area contributed by atoms with Gasteiger partial charge in [0.25, 0.3) is 5.91 Å². The summed E-state index contributed by atoms with van der Waals surface area (Å²) >= 11 is 6.14. The van der Waals surface area contributed by atoms with Gasteiger partial charge in [-0.05, 0) is 43.5 Å². The van der Waals surface area contributed by atoms with Gasteiger partial charge in [-0.15, -0.1) is 11.6 Å². The van der Waals surface area contributed by atoms with Crippen LogP contribution in [-0.4, -0.2) is 24.4 Å². The molecule has 0 aliphatic rings. The van der Waals surface area contributed by atoms with Crippen molar-refractivity contribution in [3.05, 3.63) is 29.8 Å². The smallest absolute Gasteiger partial charge is 0.251 e. The van der Waals surface area contributed by atoms with E-state index < -0.39 is 0 Å². The fourth-order valence-corrected chi connectivity index (χ4v) is 2.20. The van der Waals surface area contributed by atoms with Gasteiger partial charge in [-0.25, -0.2) is 0 Å². The molecule has 1 aromatic carbocycles. The Morgan fingerprint density at radius 3 is 2.47 bits per heavy atom. The van der Waals surface area contributed by atoms with Crippen LogP contribution in [0.4, 0.5) is 0 Å². The monoisotopic (exact) mass is 283 g/mol. The predicted molar refractivity (Wildman–Crippen MR) is 79.0 cm³/mol. The van der Waals surface area contributed by atoms with E-state index in [2.05, 4.69) is 19.2 Å². The number of nitrogens with one attached hydrogen (secondary N) is 1. The zero-order chi connectivity index (χ0) is 14.3. The Labute approximate surface area is 120 Å². The van der Waals surface area contributed by atoms with Crippen molar-refractivity contribution >= 4 is 17.5 Å². The van der Waals surface area contributed by atoms with Crippen LogP contribution >= 0.6 is 11.6 Å². The molecule has 1 amide bonds. The van der Waals surface area contributed by atoms with Gasteiger partial charge < -0.3 is 10.1 Å². The predicted octanol–water partition coefficient (Wildman–Crippen LogP) is 3.47. The highest BCUT2D eigenvalue weighted by Crippen LogP contribution is 2.13. The number of hydrogen-bond donors (Lipinski definition) is 1. The second kappa shape index (κ2) is 8.05. The van der Waals surface area contributed by atoms with Crippen LogP contribution in [0.3, 0.4) is 0 Å². The Kier molecular flexibility index (Phi) is 6.71. The zero-order valence-corrected chi connectivity index (χ0v) is 12.5. The average molecular weight is 284 g/mol. The van der Waals surface area contributed by atoms with E-state index in [0.717, 1.165) is 12.2 Å². The maximum Gasteiger partial charge on any atom is 0.251 e. The number of halogens is 1. The van der Waals surface area contributed by atoms with E-state index in [1.54, 1.807) is 24.3 Å². The first-order chi connectivity index (χ1) is 9.02. The summed E-state index contributed by atoms with van der Waals surface area (Å²) in [6.45, 7) is 7.27.